The van der Waals surface area contributed by atoms with E-state index in [2.05, 4.69) is 32.4 Å². The third kappa shape index (κ3) is 4.08. The minimum atomic E-state index is -4.46. The molecular formula is C25H43NO6S. The molecule has 3 aliphatic carbocycles. The molecule has 8 heteroatoms. The highest BCUT2D eigenvalue weighted by Crippen LogP contribution is 2.72. The maximum atomic E-state index is 13.6. The summed E-state index contributed by atoms with van der Waals surface area (Å²) in [5.74, 6) is -0.228. The molecule has 3 saturated carbocycles. The van der Waals surface area contributed by atoms with Gasteiger partial charge in [0.15, 0.2) is 0 Å². The van der Waals surface area contributed by atoms with Crippen LogP contribution in [-0.2, 0) is 24.6 Å². The summed E-state index contributed by atoms with van der Waals surface area (Å²) in [6, 6.07) is -0.569. The van der Waals surface area contributed by atoms with Gasteiger partial charge >= 0.3 is 16.3 Å². The van der Waals surface area contributed by atoms with Crippen molar-refractivity contribution in [1.82, 2.24) is 4.72 Å². The largest absolute Gasteiger partial charge is 0.462 e. The first kappa shape index (κ1) is 26.6. The number of esters is 1. The van der Waals surface area contributed by atoms with E-state index in [1.54, 1.807) is 6.92 Å². The fraction of sp³-hybridized carbons (Fsp3) is 0.920. The molecule has 3 rings (SSSR count). The van der Waals surface area contributed by atoms with Crippen LogP contribution in [0.1, 0.15) is 99.8 Å². The van der Waals surface area contributed by atoms with Gasteiger partial charge in [-0.15, -0.1) is 0 Å². The molecule has 0 aromatic carbocycles. The highest BCUT2D eigenvalue weighted by Gasteiger charge is 2.73. The van der Waals surface area contributed by atoms with Crippen molar-refractivity contribution < 1.29 is 27.3 Å². The molecule has 0 saturated heterocycles. The van der Waals surface area contributed by atoms with Crippen molar-refractivity contribution in [3.8, 4) is 0 Å². The second kappa shape index (κ2) is 8.59. The molecule has 0 aromatic rings. The Bertz CT molecular complexity index is 905. The number of rotatable bonds is 6. The van der Waals surface area contributed by atoms with Crippen LogP contribution in [0.4, 0.5) is 0 Å². The Morgan fingerprint density at radius 2 is 1.76 bits per heavy atom. The molecule has 8 atom stereocenters. The van der Waals surface area contributed by atoms with Crippen LogP contribution in [0.2, 0.25) is 0 Å². The van der Waals surface area contributed by atoms with Crippen LogP contribution in [0.25, 0.3) is 0 Å². The molecule has 33 heavy (non-hydrogen) atoms. The Labute approximate surface area is 199 Å². The van der Waals surface area contributed by atoms with Crippen LogP contribution >= 0.6 is 0 Å². The zero-order chi connectivity index (χ0) is 25.0. The number of hydrogen-bond donors (Lipinski definition) is 2. The number of carbonyl (C=O) groups is 2. The van der Waals surface area contributed by atoms with Crippen LogP contribution < -0.4 is 4.72 Å². The average molecular weight is 486 g/mol. The third-order valence-corrected chi connectivity index (χ3v) is 11.1. The Kier molecular flexibility index (Phi) is 6.93. The van der Waals surface area contributed by atoms with E-state index in [-0.39, 0.29) is 35.4 Å². The lowest BCUT2D eigenvalue weighted by atomic mass is 9.38. The van der Waals surface area contributed by atoms with Crippen molar-refractivity contribution in [3.63, 3.8) is 0 Å². The van der Waals surface area contributed by atoms with Gasteiger partial charge in [-0.2, -0.15) is 13.1 Å². The van der Waals surface area contributed by atoms with Gasteiger partial charge in [-0.1, -0.05) is 54.9 Å². The quantitative estimate of drug-likeness (QED) is 0.417. The lowest BCUT2D eigenvalue weighted by molar-refractivity contribution is -0.224. The SMILES string of the molecule is CCC(=O)O[C@@H]1C[C@@](C)(CC)C[C@H](C)[C@]23CCC(=O)C2C1(C)C(C)(CC)C(NS(=O)(=O)O)C3. The van der Waals surface area contributed by atoms with Gasteiger partial charge in [-0.25, -0.2) is 0 Å². The number of nitrogens with one attached hydrogen (secondary N) is 1. The van der Waals surface area contributed by atoms with E-state index in [0.29, 0.717) is 32.1 Å². The zero-order valence-corrected chi connectivity index (χ0v) is 22.2. The van der Waals surface area contributed by atoms with Crippen molar-refractivity contribution >= 4 is 22.1 Å². The van der Waals surface area contributed by atoms with E-state index in [1.807, 2.05) is 13.8 Å². The van der Waals surface area contributed by atoms with Crippen LogP contribution in [0.5, 0.6) is 0 Å². The second-order valence-electron chi connectivity index (χ2n) is 11.8. The summed E-state index contributed by atoms with van der Waals surface area (Å²) < 4.78 is 42.7. The Balaban J connectivity index is 2.33. The first-order valence-corrected chi connectivity index (χ1v) is 14.0. The number of Topliss-reactive ketones (excluding diaryl/α,β-unsaturated/α-hetero) is 1. The van der Waals surface area contributed by atoms with Crippen molar-refractivity contribution in [2.75, 3.05) is 0 Å². The summed E-state index contributed by atoms with van der Waals surface area (Å²) in [5.41, 5.74) is -1.97. The highest BCUT2D eigenvalue weighted by atomic mass is 32.2. The summed E-state index contributed by atoms with van der Waals surface area (Å²) in [6.45, 7) is 14.4. The first-order chi connectivity index (χ1) is 15.1. The van der Waals surface area contributed by atoms with E-state index in [0.717, 1.165) is 12.8 Å². The normalized spacial score (nSPS) is 45.8. The van der Waals surface area contributed by atoms with Crippen LogP contribution in [0, 0.1) is 33.5 Å². The van der Waals surface area contributed by atoms with Crippen molar-refractivity contribution in [2.24, 2.45) is 33.5 Å². The van der Waals surface area contributed by atoms with Gasteiger partial charge in [0.05, 0.1) is 0 Å². The van der Waals surface area contributed by atoms with Gasteiger partial charge in [0.25, 0.3) is 0 Å². The summed E-state index contributed by atoms with van der Waals surface area (Å²) >= 11 is 0. The molecule has 2 N–H and O–H groups in total. The molecule has 4 unspecified atom stereocenters. The third-order valence-electron chi connectivity index (χ3n) is 10.5. The Morgan fingerprint density at radius 1 is 1.12 bits per heavy atom. The number of ether oxygens (including phenoxy) is 1. The van der Waals surface area contributed by atoms with E-state index in [1.165, 1.54) is 0 Å². The molecule has 3 fully saturated rings. The average Bonchev–Trinajstić information content (AvgIpc) is 3.07. The summed E-state index contributed by atoms with van der Waals surface area (Å²) in [7, 11) is -4.46. The van der Waals surface area contributed by atoms with Gasteiger partial charge in [-0.3, -0.25) is 14.1 Å². The van der Waals surface area contributed by atoms with Gasteiger partial charge in [0, 0.05) is 30.2 Å². The topological polar surface area (TPSA) is 110 Å². The molecule has 0 aromatic heterocycles. The summed E-state index contributed by atoms with van der Waals surface area (Å²) in [6.07, 6.45) is 4.39. The fourth-order valence-corrected chi connectivity index (χ4v) is 8.77. The lowest BCUT2D eigenvalue weighted by Gasteiger charge is -2.67. The van der Waals surface area contributed by atoms with E-state index in [4.69, 9.17) is 4.74 Å². The minimum Gasteiger partial charge on any atom is -0.462 e. The van der Waals surface area contributed by atoms with Crippen LogP contribution in [0.3, 0.4) is 0 Å². The van der Waals surface area contributed by atoms with Crippen molar-refractivity contribution in [1.29, 1.82) is 0 Å². The molecule has 2 bridgehead atoms. The Morgan fingerprint density at radius 3 is 2.27 bits per heavy atom. The van der Waals surface area contributed by atoms with Crippen LogP contribution in [-0.4, -0.2) is 36.9 Å². The molecule has 0 heterocycles. The number of hydrogen-bond acceptors (Lipinski definition) is 5. The van der Waals surface area contributed by atoms with Crippen LogP contribution in [0.15, 0.2) is 0 Å². The molecule has 3 aliphatic rings. The van der Waals surface area contributed by atoms with E-state index >= 15 is 0 Å². The summed E-state index contributed by atoms with van der Waals surface area (Å²) in [4.78, 5) is 26.3. The van der Waals surface area contributed by atoms with Gasteiger partial charge in [0.1, 0.15) is 11.9 Å². The molecule has 0 amide bonds. The van der Waals surface area contributed by atoms with E-state index in [9.17, 15) is 22.6 Å². The Hall–Kier alpha value is -0.990. The monoisotopic (exact) mass is 485 g/mol. The predicted octanol–water partition coefficient (Wildman–Crippen LogP) is 4.71. The molecule has 0 radical (unpaired) electrons. The first-order valence-electron chi connectivity index (χ1n) is 12.6. The van der Waals surface area contributed by atoms with Gasteiger partial charge in [0.2, 0.25) is 0 Å². The lowest BCUT2D eigenvalue weighted by Crippen LogP contribution is -2.70. The summed E-state index contributed by atoms with van der Waals surface area (Å²) in [5, 5.41) is 0. The minimum absolute atomic E-state index is 0.0685. The van der Waals surface area contributed by atoms with Gasteiger partial charge in [-0.05, 0) is 54.3 Å². The van der Waals surface area contributed by atoms with Crippen molar-refractivity contribution in [2.45, 2.75) is 112 Å². The molecule has 0 spiro atoms. The maximum absolute atomic E-state index is 13.6. The van der Waals surface area contributed by atoms with Crippen molar-refractivity contribution in [3.05, 3.63) is 0 Å². The molecular weight excluding hydrogens is 442 g/mol. The molecule has 0 aliphatic heterocycles. The highest BCUT2D eigenvalue weighted by molar-refractivity contribution is 7.83. The van der Waals surface area contributed by atoms with E-state index < -0.39 is 38.7 Å². The smallest absolute Gasteiger partial charge is 0.333 e. The predicted molar refractivity (Wildman–Crippen MR) is 127 cm³/mol. The second-order valence-corrected chi connectivity index (χ2v) is 13.0. The van der Waals surface area contributed by atoms with Gasteiger partial charge < -0.3 is 4.74 Å². The number of ketones is 1. The number of carbonyl (C=O) groups excluding carboxylic acids is 2. The maximum Gasteiger partial charge on any atom is 0.333 e. The fourth-order valence-electron chi connectivity index (χ4n) is 8.07. The molecule has 7 nitrogen and oxygen atoms in total. The zero-order valence-electron chi connectivity index (χ0n) is 21.4. The molecule has 190 valence electrons. The standard InChI is InChI=1S/C25H43NO6S/c1-8-20(28)32-19-15-22(5,9-2)13-16(4)25-12-11-17(27)21(25)24(19,7)23(6,10-3)18(14-25)26-33(29,30)31/h16,18-19,21,26H,8-15H2,1-7H3,(H,29,30,31)/t16-,18?,19+,21?,22-,23?,24?,25+/m0/s1.